The van der Waals surface area contributed by atoms with Crippen LogP contribution in [0, 0.1) is 0 Å². The average Bonchev–Trinajstić information content (AvgIpc) is 2.92. The van der Waals surface area contributed by atoms with E-state index in [0.717, 1.165) is 19.4 Å². The molecule has 2 aliphatic heterocycles. The van der Waals surface area contributed by atoms with Gasteiger partial charge in [0.1, 0.15) is 0 Å². The normalized spacial score (nSPS) is 19.2. The SMILES string of the molecule is O=C1c2ccccc2C(=O)N1CCN1C=CC(C2=CCC=CC2)=CC1. The highest BCUT2D eigenvalue weighted by Crippen LogP contribution is 2.24. The molecule has 2 amide bonds. The first kappa shape index (κ1) is 15.6. The molecule has 2 heterocycles. The molecule has 0 spiro atoms. The maximum Gasteiger partial charge on any atom is 0.261 e. The lowest BCUT2D eigenvalue weighted by atomic mass is 9.96. The summed E-state index contributed by atoms with van der Waals surface area (Å²) in [5, 5.41) is 0. The van der Waals surface area contributed by atoms with Gasteiger partial charge in [0, 0.05) is 19.6 Å². The van der Waals surface area contributed by atoms with Gasteiger partial charge in [0.15, 0.2) is 0 Å². The van der Waals surface area contributed by atoms with Crippen LogP contribution < -0.4 is 0 Å². The first-order valence-electron chi connectivity index (χ1n) is 8.66. The highest BCUT2D eigenvalue weighted by molar-refractivity contribution is 6.21. The van der Waals surface area contributed by atoms with E-state index in [1.54, 1.807) is 24.3 Å². The van der Waals surface area contributed by atoms with Crippen molar-refractivity contribution in [2.24, 2.45) is 0 Å². The van der Waals surface area contributed by atoms with Gasteiger partial charge in [0.25, 0.3) is 11.8 Å². The number of carbonyl (C=O) groups excluding carboxylic acids is 2. The second kappa shape index (κ2) is 6.55. The Hall–Kier alpha value is -2.88. The Morgan fingerprint density at radius 1 is 0.920 bits per heavy atom. The lowest BCUT2D eigenvalue weighted by molar-refractivity contribution is 0.0645. The molecule has 0 saturated carbocycles. The molecular formula is C21H20N2O2. The van der Waals surface area contributed by atoms with Crippen LogP contribution in [0.3, 0.4) is 0 Å². The van der Waals surface area contributed by atoms with Gasteiger partial charge in [0.2, 0.25) is 0 Å². The van der Waals surface area contributed by atoms with Crippen molar-refractivity contribution in [2.75, 3.05) is 19.6 Å². The van der Waals surface area contributed by atoms with Gasteiger partial charge in [-0.05, 0) is 48.4 Å². The van der Waals surface area contributed by atoms with Crippen LogP contribution in [-0.2, 0) is 0 Å². The van der Waals surface area contributed by atoms with Gasteiger partial charge < -0.3 is 4.90 Å². The van der Waals surface area contributed by atoms with E-state index in [4.69, 9.17) is 0 Å². The summed E-state index contributed by atoms with van der Waals surface area (Å²) in [7, 11) is 0. The van der Waals surface area contributed by atoms with Crippen LogP contribution in [0.15, 0.2) is 72.0 Å². The van der Waals surface area contributed by atoms with Gasteiger partial charge in [-0.15, -0.1) is 0 Å². The zero-order valence-corrected chi connectivity index (χ0v) is 14.0. The van der Waals surface area contributed by atoms with Gasteiger partial charge in [-0.3, -0.25) is 14.5 Å². The van der Waals surface area contributed by atoms with E-state index in [1.807, 2.05) is 0 Å². The number of hydrogen-bond donors (Lipinski definition) is 0. The summed E-state index contributed by atoms with van der Waals surface area (Å²) in [6, 6.07) is 7.03. The maximum atomic E-state index is 12.4. The summed E-state index contributed by atoms with van der Waals surface area (Å²) < 4.78 is 0. The lowest BCUT2D eigenvalue weighted by Crippen LogP contribution is -2.37. The predicted octanol–water partition coefficient (Wildman–Crippen LogP) is 3.31. The van der Waals surface area contributed by atoms with E-state index < -0.39 is 0 Å². The number of amides is 2. The number of allylic oxidation sites excluding steroid dienone is 6. The van der Waals surface area contributed by atoms with Gasteiger partial charge in [-0.1, -0.05) is 36.4 Å². The molecule has 1 aliphatic carbocycles. The number of fused-ring (bicyclic) bond motifs is 1. The Morgan fingerprint density at radius 3 is 2.28 bits per heavy atom. The number of nitrogens with zero attached hydrogens (tertiary/aromatic N) is 2. The first-order chi connectivity index (χ1) is 12.2. The van der Waals surface area contributed by atoms with Crippen molar-refractivity contribution in [1.29, 1.82) is 0 Å². The zero-order valence-electron chi connectivity index (χ0n) is 14.0. The zero-order chi connectivity index (χ0) is 17.2. The van der Waals surface area contributed by atoms with Gasteiger partial charge in [-0.2, -0.15) is 0 Å². The van der Waals surface area contributed by atoms with Crippen LogP contribution in [0.4, 0.5) is 0 Å². The van der Waals surface area contributed by atoms with Crippen molar-refractivity contribution < 1.29 is 9.59 Å². The molecule has 0 aromatic heterocycles. The average molecular weight is 332 g/mol. The Morgan fingerprint density at radius 2 is 1.68 bits per heavy atom. The fraction of sp³-hybridized carbons (Fsp3) is 0.238. The molecule has 4 heteroatoms. The molecule has 0 atom stereocenters. The van der Waals surface area contributed by atoms with E-state index in [1.165, 1.54) is 16.0 Å². The van der Waals surface area contributed by atoms with Crippen molar-refractivity contribution in [3.8, 4) is 0 Å². The third-order valence-corrected chi connectivity index (χ3v) is 4.88. The largest absolute Gasteiger partial charge is 0.372 e. The Balaban J connectivity index is 1.36. The minimum Gasteiger partial charge on any atom is -0.372 e. The Kier molecular flexibility index (Phi) is 4.10. The van der Waals surface area contributed by atoms with Crippen LogP contribution in [-0.4, -0.2) is 41.2 Å². The summed E-state index contributed by atoms with van der Waals surface area (Å²) in [4.78, 5) is 28.2. The van der Waals surface area contributed by atoms with Gasteiger partial charge >= 0.3 is 0 Å². The van der Waals surface area contributed by atoms with E-state index in [9.17, 15) is 9.59 Å². The first-order valence-corrected chi connectivity index (χ1v) is 8.66. The summed E-state index contributed by atoms with van der Waals surface area (Å²) >= 11 is 0. The molecule has 0 saturated heterocycles. The molecule has 4 nitrogen and oxygen atoms in total. The van der Waals surface area contributed by atoms with Gasteiger partial charge in [-0.25, -0.2) is 0 Å². The second-order valence-corrected chi connectivity index (χ2v) is 6.42. The van der Waals surface area contributed by atoms with Crippen molar-refractivity contribution in [2.45, 2.75) is 12.8 Å². The quantitative estimate of drug-likeness (QED) is 0.627. The predicted molar refractivity (Wildman–Crippen MR) is 97.1 cm³/mol. The summed E-state index contributed by atoms with van der Waals surface area (Å²) in [6.07, 6.45) is 15.1. The summed E-state index contributed by atoms with van der Waals surface area (Å²) in [6.45, 7) is 1.85. The molecule has 0 bridgehead atoms. The minimum absolute atomic E-state index is 0.183. The molecule has 0 unspecified atom stereocenters. The second-order valence-electron chi connectivity index (χ2n) is 6.42. The molecular weight excluding hydrogens is 312 g/mol. The third-order valence-electron chi connectivity index (χ3n) is 4.88. The standard InChI is InChI=1S/C21H20N2O2/c24-20-18-8-4-5-9-19(18)21(25)23(20)15-14-22-12-10-17(11-13-22)16-6-2-1-3-7-16/h1-2,4-5,7-12H,3,6,13-15H2. The molecule has 0 fully saturated rings. The number of benzene rings is 1. The van der Waals surface area contributed by atoms with Crippen LogP contribution in [0.5, 0.6) is 0 Å². The van der Waals surface area contributed by atoms with Crippen LogP contribution in [0.2, 0.25) is 0 Å². The number of rotatable bonds is 4. The highest BCUT2D eigenvalue weighted by atomic mass is 16.2. The third kappa shape index (κ3) is 2.95. The molecule has 3 aliphatic rings. The Bertz CT molecular complexity index is 810. The summed E-state index contributed by atoms with van der Waals surface area (Å²) in [5.74, 6) is -0.367. The lowest BCUT2D eigenvalue weighted by Gasteiger charge is -2.25. The molecule has 1 aromatic carbocycles. The topological polar surface area (TPSA) is 40.6 Å². The molecule has 4 rings (SSSR count). The molecule has 1 aromatic rings. The van der Waals surface area contributed by atoms with Crippen LogP contribution in [0.25, 0.3) is 0 Å². The van der Waals surface area contributed by atoms with Crippen molar-refractivity contribution in [3.05, 3.63) is 83.1 Å². The fourth-order valence-electron chi connectivity index (χ4n) is 3.44. The van der Waals surface area contributed by atoms with E-state index in [-0.39, 0.29) is 11.8 Å². The highest BCUT2D eigenvalue weighted by Gasteiger charge is 2.34. The summed E-state index contributed by atoms with van der Waals surface area (Å²) in [5.41, 5.74) is 3.68. The number of hydrogen-bond acceptors (Lipinski definition) is 3. The van der Waals surface area contributed by atoms with Crippen molar-refractivity contribution >= 4 is 11.8 Å². The molecule has 0 N–H and O–H groups in total. The monoisotopic (exact) mass is 332 g/mol. The molecule has 0 radical (unpaired) electrons. The van der Waals surface area contributed by atoms with Gasteiger partial charge in [0.05, 0.1) is 11.1 Å². The Labute approximate surface area is 147 Å². The number of imide groups is 1. The van der Waals surface area contributed by atoms with E-state index in [2.05, 4.69) is 41.5 Å². The minimum atomic E-state index is -0.183. The molecule has 126 valence electrons. The smallest absolute Gasteiger partial charge is 0.261 e. The van der Waals surface area contributed by atoms with E-state index in [0.29, 0.717) is 24.2 Å². The van der Waals surface area contributed by atoms with Crippen molar-refractivity contribution in [3.63, 3.8) is 0 Å². The molecule has 25 heavy (non-hydrogen) atoms. The van der Waals surface area contributed by atoms with Crippen LogP contribution in [0.1, 0.15) is 33.6 Å². The number of carbonyl (C=O) groups is 2. The van der Waals surface area contributed by atoms with Crippen molar-refractivity contribution in [1.82, 2.24) is 9.80 Å². The van der Waals surface area contributed by atoms with E-state index >= 15 is 0 Å². The fourth-order valence-corrected chi connectivity index (χ4v) is 3.44. The van der Waals surface area contributed by atoms with Crippen LogP contribution >= 0.6 is 0 Å². The maximum absolute atomic E-state index is 12.4.